The first-order valence-corrected chi connectivity index (χ1v) is 8.08. The number of likely N-dealkylation sites (N-methyl/N-ethyl adjacent to an activating group) is 1. The van der Waals surface area contributed by atoms with Crippen molar-refractivity contribution < 1.29 is 0 Å². The van der Waals surface area contributed by atoms with Crippen molar-refractivity contribution in [3.8, 4) is 0 Å². The lowest BCUT2D eigenvalue weighted by atomic mass is 10.1. The summed E-state index contributed by atoms with van der Waals surface area (Å²) in [5.74, 6) is 0.378. The molecule has 0 heterocycles. The molecule has 0 aromatic carbocycles. The number of hydrogen-bond donors (Lipinski definition) is 4. The Bertz CT molecular complexity index is 432. The fraction of sp³-hybridized carbons (Fsp3) is 0.692. The number of rotatable bonds is 6. The third kappa shape index (κ3) is 6.34. The molecule has 1 atom stereocenters. The third-order valence-electron chi connectivity index (χ3n) is 3.02. The zero-order chi connectivity index (χ0) is 15.7. The highest BCUT2D eigenvalue weighted by Crippen LogP contribution is 2.19. The van der Waals surface area contributed by atoms with Gasteiger partial charge in [-0.2, -0.15) is 10.2 Å². The van der Waals surface area contributed by atoms with Crippen molar-refractivity contribution in [3.63, 3.8) is 0 Å². The van der Waals surface area contributed by atoms with Crippen molar-refractivity contribution in [2.75, 3.05) is 19.6 Å². The molecule has 1 fully saturated rings. The van der Waals surface area contributed by atoms with E-state index in [9.17, 15) is 0 Å². The average molecular weight is 329 g/mol. The Morgan fingerprint density at radius 3 is 2.57 bits per heavy atom. The molecular formula is C13H24N6S2. The molecule has 0 amide bonds. The van der Waals surface area contributed by atoms with Gasteiger partial charge in [-0.3, -0.25) is 5.43 Å². The molecule has 0 aromatic heterocycles. The molecule has 21 heavy (non-hydrogen) atoms. The highest BCUT2D eigenvalue weighted by Gasteiger charge is 2.25. The molecule has 1 aliphatic rings. The summed E-state index contributed by atoms with van der Waals surface area (Å²) in [7, 11) is 0. The van der Waals surface area contributed by atoms with Gasteiger partial charge in [0, 0.05) is 19.0 Å². The largest absolute Gasteiger partial charge is 0.378 e. The molecule has 0 radical (unpaired) electrons. The van der Waals surface area contributed by atoms with Gasteiger partial charge in [0.2, 0.25) is 0 Å². The minimum Gasteiger partial charge on any atom is -0.378 e. The molecule has 1 aliphatic carbocycles. The Morgan fingerprint density at radius 1 is 1.19 bits per heavy atom. The second kappa shape index (κ2) is 9.62. The van der Waals surface area contributed by atoms with Crippen LogP contribution in [0.3, 0.4) is 0 Å². The van der Waals surface area contributed by atoms with Crippen molar-refractivity contribution in [2.24, 2.45) is 16.1 Å². The van der Waals surface area contributed by atoms with Crippen molar-refractivity contribution >= 4 is 46.0 Å². The standard InChI is InChI=1S/C13H24N6S2/c1-4-14-11(20)8-16-17-10-7-6-9(3)12(10)18-19-13(21)15-5-2/h9,16H,4-8H2,1-3H3,(H,14,20)(H2,15,19,21)/b17-10+,18-12+. The highest BCUT2D eigenvalue weighted by molar-refractivity contribution is 7.80. The lowest BCUT2D eigenvalue weighted by Crippen LogP contribution is -2.34. The summed E-state index contributed by atoms with van der Waals surface area (Å²) in [6, 6.07) is 0. The molecule has 0 saturated heterocycles. The van der Waals surface area contributed by atoms with Gasteiger partial charge in [-0.1, -0.05) is 19.1 Å². The lowest BCUT2D eigenvalue weighted by molar-refractivity contribution is 0.739. The Hall–Kier alpha value is -1.28. The topological polar surface area (TPSA) is 72.8 Å². The minimum absolute atomic E-state index is 0.378. The van der Waals surface area contributed by atoms with E-state index in [1.807, 2.05) is 13.8 Å². The normalized spacial score (nSPS) is 21.4. The van der Waals surface area contributed by atoms with Gasteiger partial charge < -0.3 is 16.1 Å². The molecule has 0 aromatic rings. The molecule has 0 spiro atoms. The van der Waals surface area contributed by atoms with Gasteiger partial charge in [0.15, 0.2) is 5.11 Å². The van der Waals surface area contributed by atoms with E-state index in [2.05, 4.69) is 38.6 Å². The molecule has 1 saturated carbocycles. The smallest absolute Gasteiger partial charge is 0.186 e. The van der Waals surface area contributed by atoms with Crippen LogP contribution in [0.5, 0.6) is 0 Å². The predicted octanol–water partition coefficient (Wildman–Crippen LogP) is 1.14. The molecule has 4 N–H and O–H groups in total. The first-order chi connectivity index (χ1) is 10.1. The van der Waals surface area contributed by atoms with Crippen LogP contribution in [0.4, 0.5) is 0 Å². The molecular weight excluding hydrogens is 304 g/mol. The van der Waals surface area contributed by atoms with Crippen LogP contribution in [0.2, 0.25) is 0 Å². The maximum atomic E-state index is 5.15. The van der Waals surface area contributed by atoms with Crippen LogP contribution < -0.4 is 21.5 Å². The van der Waals surface area contributed by atoms with E-state index in [-0.39, 0.29) is 0 Å². The zero-order valence-electron chi connectivity index (χ0n) is 12.8. The van der Waals surface area contributed by atoms with Gasteiger partial charge in [0.05, 0.1) is 23.0 Å². The van der Waals surface area contributed by atoms with E-state index in [1.54, 1.807) is 0 Å². The monoisotopic (exact) mass is 328 g/mol. The summed E-state index contributed by atoms with van der Waals surface area (Å²) < 4.78 is 0. The Morgan fingerprint density at radius 2 is 1.90 bits per heavy atom. The molecule has 1 rings (SSSR count). The summed E-state index contributed by atoms with van der Waals surface area (Å²) in [6.45, 7) is 8.28. The van der Waals surface area contributed by atoms with Crippen molar-refractivity contribution in [1.82, 2.24) is 21.5 Å². The predicted molar refractivity (Wildman–Crippen MR) is 97.0 cm³/mol. The van der Waals surface area contributed by atoms with Crippen LogP contribution in [0.1, 0.15) is 33.6 Å². The third-order valence-corrected chi connectivity index (χ3v) is 3.54. The van der Waals surface area contributed by atoms with E-state index >= 15 is 0 Å². The Labute approximate surface area is 137 Å². The van der Waals surface area contributed by atoms with E-state index in [0.29, 0.717) is 17.6 Å². The zero-order valence-corrected chi connectivity index (χ0v) is 14.5. The maximum absolute atomic E-state index is 5.15. The molecule has 6 nitrogen and oxygen atoms in total. The molecule has 118 valence electrons. The fourth-order valence-corrected chi connectivity index (χ4v) is 2.37. The first kappa shape index (κ1) is 17.8. The number of nitrogens with one attached hydrogen (secondary N) is 4. The summed E-state index contributed by atoms with van der Waals surface area (Å²) >= 11 is 10.3. The van der Waals surface area contributed by atoms with E-state index in [1.165, 1.54) is 0 Å². The minimum atomic E-state index is 0.378. The Balaban J connectivity index is 2.57. The van der Waals surface area contributed by atoms with Gasteiger partial charge in [-0.05, 0) is 38.9 Å². The van der Waals surface area contributed by atoms with Crippen LogP contribution in [0.25, 0.3) is 0 Å². The summed E-state index contributed by atoms with van der Waals surface area (Å²) in [6.07, 6.45) is 1.96. The Kier molecular flexibility index (Phi) is 8.14. The SMILES string of the molecule is CCNC(=S)CN/N=C1\CCC(C)\C1=N/NC(=S)NCC. The van der Waals surface area contributed by atoms with Crippen LogP contribution >= 0.6 is 24.4 Å². The second-order valence-electron chi connectivity index (χ2n) is 4.75. The van der Waals surface area contributed by atoms with Crippen LogP contribution in [-0.4, -0.2) is 41.2 Å². The highest BCUT2D eigenvalue weighted by atomic mass is 32.1. The first-order valence-electron chi connectivity index (χ1n) is 7.26. The summed E-state index contributed by atoms with van der Waals surface area (Å²) in [5.41, 5.74) is 7.79. The summed E-state index contributed by atoms with van der Waals surface area (Å²) in [5, 5.41) is 15.4. The quantitative estimate of drug-likeness (QED) is 0.433. The van der Waals surface area contributed by atoms with Gasteiger partial charge in [0.1, 0.15) is 0 Å². The van der Waals surface area contributed by atoms with Crippen molar-refractivity contribution in [3.05, 3.63) is 0 Å². The van der Waals surface area contributed by atoms with Gasteiger partial charge in [0.25, 0.3) is 0 Å². The van der Waals surface area contributed by atoms with Crippen LogP contribution in [0, 0.1) is 5.92 Å². The van der Waals surface area contributed by atoms with E-state index < -0.39 is 0 Å². The summed E-state index contributed by atoms with van der Waals surface area (Å²) in [4.78, 5) is 0.762. The van der Waals surface area contributed by atoms with Crippen LogP contribution in [-0.2, 0) is 0 Å². The average Bonchev–Trinajstić information content (AvgIpc) is 2.78. The van der Waals surface area contributed by atoms with E-state index in [4.69, 9.17) is 24.4 Å². The second-order valence-corrected chi connectivity index (χ2v) is 5.66. The van der Waals surface area contributed by atoms with E-state index in [0.717, 1.165) is 42.3 Å². The molecule has 1 unspecified atom stereocenters. The number of hydrazone groups is 2. The molecule has 8 heteroatoms. The van der Waals surface area contributed by atoms with Gasteiger partial charge >= 0.3 is 0 Å². The van der Waals surface area contributed by atoms with Gasteiger partial charge in [-0.25, -0.2) is 0 Å². The lowest BCUT2D eigenvalue weighted by Gasteiger charge is -2.09. The number of nitrogens with zero attached hydrogens (tertiary/aromatic N) is 2. The maximum Gasteiger partial charge on any atom is 0.186 e. The molecule has 0 bridgehead atoms. The fourth-order valence-electron chi connectivity index (χ4n) is 1.97. The number of hydrogen-bond acceptors (Lipinski definition) is 5. The molecule has 0 aliphatic heterocycles. The number of thiocarbonyl (C=S) groups is 2. The van der Waals surface area contributed by atoms with Gasteiger partial charge in [-0.15, -0.1) is 0 Å². The van der Waals surface area contributed by atoms with Crippen molar-refractivity contribution in [2.45, 2.75) is 33.6 Å². The van der Waals surface area contributed by atoms with Crippen LogP contribution in [0.15, 0.2) is 10.2 Å². The van der Waals surface area contributed by atoms with Crippen molar-refractivity contribution in [1.29, 1.82) is 0 Å².